The van der Waals surface area contributed by atoms with Crippen LogP contribution in [0.25, 0.3) is 0 Å². The van der Waals surface area contributed by atoms with Gasteiger partial charge in [-0.1, -0.05) is 349 Å². The Kier molecular flexibility index (Phi) is 62.3. The summed E-state index contributed by atoms with van der Waals surface area (Å²) in [6.07, 6.45) is 78.6. The summed E-state index contributed by atoms with van der Waals surface area (Å²) in [7, 11) is 0. The number of aliphatic hydroxyl groups is 8. The number of allylic oxidation sites excluding steroid dienone is 16. The van der Waals surface area contributed by atoms with Crippen LogP contribution in [-0.4, -0.2) is 140 Å². The molecular weight excluding hydrogens is 1230 g/mol. The Bertz CT molecular complexity index is 2020. The summed E-state index contributed by atoms with van der Waals surface area (Å²) in [4.78, 5) is 13.4. The third kappa shape index (κ3) is 49.5. The summed E-state index contributed by atoms with van der Waals surface area (Å²) in [5, 5.41) is 87.9. The van der Waals surface area contributed by atoms with Gasteiger partial charge in [0.1, 0.15) is 48.8 Å². The minimum absolute atomic E-state index is 0.210. The van der Waals surface area contributed by atoms with Crippen LogP contribution in [0.3, 0.4) is 0 Å². The van der Waals surface area contributed by atoms with Gasteiger partial charge in [-0.3, -0.25) is 4.79 Å². The van der Waals surface area contributed by atoms with Gasteiger partial charge in [0, 0.05) is 6.42 Å². The molecule has 0 saturated carbocycles. The Labute approximate surface area is 598 Å². The predicted molar refractivity (Wildman–Crippen MR) is 406 cm³/mol. The lowest BCUT2D eigenvalue weighted by molar-refractivity contribution is -0.359. The van der Waals surface area contributed by atoms with Crippen molar-refractivity contribution in [1.82, 2.24) is 5.32 Å². The van der Waals surface area contributed by atoms with Crippen LogP contribution in [0.4, 0.5) is 0 Å². The molecule has 2 heterocycles. The van der Waals surface area contributed by atoms with E-state index in [1.54, 1.807) is 0 Å². The number of aliphatic hydroxyl groups excluding tert-OH is 8. The first-order valence-electron chi connectivity index (χ1n) is 40.5. The lowest BCUT2D eigenvalue weighted by Crippen LogP contribution is -2.65. The Morgan fingerprint density at radius 1 is 0.378 bits per heavy atom. The Morgan fingerprint density at radius 2 is 0.704 bits per heavy atom. The monoisotopic (exact) mass is 1380 g/mol. The van der Waals surface area contributed by atoms with E-state index in [2.05, 4.69) is 116 Å². The zero-order valence-electron chi connectivity index (χ0n) is 62.3. The Hall–Kier alpha value is -3.09. The van der Waals surface area contributed by atoms with Crippen molar-refractivity contribution < 1.29 is 64.6 Å². The molecule has 2 rings (SSSR count). The zero-order valence-corrected chi connectivity index (χ0v) is 62.3. The van der Waals surface area contributed by atoms with E-state index in [1.165, 1.54) is 199 Å². The van der Waals surface area contributed by atoms with Gasteiger partial charge in [0.05, 0.1) is 32.0 Å². The first-order valence-corrected chi connectivity index (χ1v) is 40.5. The molecule has 12 unspecified atom stereocenters. The van der Waals surface area contributed by atoms with Crippen molar-refractivity contribution >= 4 is 5.91 Å². The van der Waals surface area contributed by atoms with Crippen LogP contribution in [0.5, 0.6) is 0 Å². The summed E-state index contributed by atoms with van der Waals surface area (Å²) in [6, 6.07) is -0.840. The molecule has 2 aliphatic heterocycles. The minimum Gasteiger partial charge on any atom is -0.394 e. The molecule has 14 nitrogen and oxygen atoms in total. The number of amides is 1. The number of ether oxygens (including phenoxy) is 4. The SMILES string of the molecule is CC/C=C\C/C=C\C/C=C\C/C=C\C/C=C\C/C=C\C/C=C\C/C=C\CCCCCCCCCCCCC(=O)NC(COC1OC(CO)C(OC2OC(CO)C(O)C(O)C2O)C(O)C1O)C(O)CCCCCCCCCCCCCCCCCCCCCCCCCCCCCCC. The van der Waals surface area contributed by atoms with E-state index < -0.39 is 86.8 Å². The third-order valence-corrected chi connectivity index (χ3v) is 19.3. The average Bonchev–Trinajstić information content (AvgIpc) is 0.797. The van der Waals surface area contributed by atoms with Crippen molar-refractivity contribution in [3.05, 3.63) is 97.2 Å². The molecule has 98 heavy (non-hydrogen) atoms. The summed E-state index contributed by atoms with van der Waals surface area (Å²) in [6.45, 7) is 2.79. The zero-order chi connectivity index (χ0) is 70.8. The van der Waals surface area contributed by atoms with Crippen LogP contribution in [-0.2, 0) is 23.7 Å². The first kappa shape index (κ1) is 91.0. The van der Waals surface area contributed by atoms with E-state index in [0.717, 1.165) is 103 Å². The van der Waals surface area contributed by atoms with E-state index in [1.807, 2.05) is 0 Å². The summed E-state index contributed by atoms with van der Waals surface area (Å²) in [5.74, 6) is -0.210. The molecule has 9 N–H and O–H groups in total. The van der Waals surface area contributed by atoms with Gasteiger partial charge in [0.15, 0.2) is 12.6 Å². The van der Waals surface area contributed by atoms with Crippen LogP contribution in [0.15, 0.2) is 97.2 Å². The second-order valence-electron chi connectivity index (χ2n) is 28.2. The molecule has 0 aromatic carbocycles. The van der Waals surface area contributed by atoms with Gasteiger partial charge < -0.3 is 65.1 Å². The fourth-order valence-corrected chi connectivity index (χ4v) is 13.0. The van der Waals surface area contributed by atoms with Gasteiger partial charge in [-0.2, -0.15) is 0 Å². The molecule has 2 aliphatic rings. The highest BCUT2D eigenvalue weighted by Gasteiger charge is 2.51. The van der Waals surface area contributed by atoms with Crippen LogP contribution in [0.2, 0.25) is 0 Å². The lowest BCUT2D eigenvalue weighted by atomic mass is 9.97. The molecule has 0 aromatic rings. The van der Waals surface area contributed by atoms with Crippen LogP contribution in [0, 0.1) is 0 Å². The smallest absolute Gasteiger partial charge is 0.220 e. The quantitative estimate of drug-likeness (QED) is 0.0204. The maximum absolute atomic E-state index is 13.4. The maximum Gasteiger partial charge on any atom is 0.220 e. The second-order valence-corrected chi connectivity index (χ2v) is 28.2. The second kappa shape index (κ2) is 67.1. The maximum atomic E-state index is 13.4. The number of hydrogen-bond donors (Lipinski definition) is 9. The standard InChI is InChI=1S/C84H149NO13/c1-3-5-7-9-11-13-15-17-19-21-23-25-27-29-31-33-34-35-36-37-38-40-42-44-46-48-50-52-54-56-58-60-62-64-66-68-76(89)85-72(71-95-83-81(94)79(92)82(75(70-87)97-83)98-84-80(93)78(91)77(90)74(69-86)96-84)73(88)67-65-63-61-59-57-55-53-51-49-47-45-43-41-39-32-30-28-26-24-22-20-18-16-14-12-10-8-6-4-2/h5,7,11,13,17,19,23,25,29,31,34-35,37-38,42,44,72-75,77-84,86-88,90-94H,3-4,6,8-10,12,14-16,18,20-22,24,26-28,30,32-33,36,39-41,43,45-71H2,1-2H3,(H,85,89)/b7-5-,13-11-,19-17-,25-23-,31-29-,35-34-,38-37-,44-42-. The van der Waals surface area contributed by atoms with Crippen LogP contribution < -0.4 is 5.32 Å². The van der Waals surface area contributed by atoms with Crippen molar-refractivity contribution in [2.45, 2.75) is 408 Å². The van der Waals surface area contributed by atoms with Gasteiger partial charge in [-0.15, -0.1) is 0 Å². The number of carbonyl (C=O) groups is 1. The summed E-state index contributed by atoms with van der Waals surface area (Å²) < 4.78 is 23.0. The number of nitrogens with one attached hydrogen (secondary N) is 1. The molecule has 0 radical (unpaired) electrons. The number of unbranched alkanes of at least 4 members (excludes halogenated alkanes) is 38. The van der Waals surface area contributed by atoms with Gasteiger partial charge in [-0.05, 0) is 77.0 Å². The van der Waals surface area contributed by atoms with E-state index >= 15 is 0 Å². The fraction of sp³-hybridized carbons (Fsp3) is 0.798. The summed E-state index contributed by atoms with van der Waals surface area (Å²) >= 11 is 0. The Morgan fingerprint density at radius 3 is 1.08 bits per heavy atom. The number of rotatable bonds is 67. The molecule has 14 heteroatoms. The van der Waals surface area contributed by atoms with Gasteiger partial charge in [0.25, 0.3) is 0 Å². The number of hydrogen-bond acceptors (Lipinski definition) is 13. The van der Waals surface area contributed by atoms with E-state index in [4.69, 9.17) is 18.9 Å². The van der Waals surface area contributed by atoms with Gasteiger partial charge in [-0.25, -0.2) is 0 Å². The third-order valence-electron chi connectivity index (χ3n) is 19.3. The molecule has 0 aliphatic carbocycles. The largest absolute Gasteiger partial charge is 0.394 e. The van der Waals surface area contributed by atoms with Gasteiger partial charge in [0.2, 0.25) is 5.91 Å². The van der Waals surface area contributed by atoms with Crippen molar-refractivity contribution in [1.29, 1.82) is 0 Å². The molecule has 0 aromatic heterocycles. The molecule has 0 spiro atoms. The van der Waals surface area contributed by atoms with Crippen LogP contribution in [0.1, 0.15) is 335 Å². The van der Waals surface area contributed by atoms with Crippen molar-refractivity contribution in [3.63, 3.8) is 0 Å². The number of carbonyl (C=O) groups excluding carboxylic acids is 1. The first-order chi connectivity index (χ1) is 48.1. The van der Waals surface area contributed by atoms with E-state index in [-0.39, 0.29) is 12.5 Å². The normalized spacial score (nSPS) is 22.6. The van der Waals surface area contributed by atoms with Gasteiger partial charge >= 0.3 is 0 Å². The summed E-state index contributed by atoms with van der Waals surface area (Å²) in [5.41, 5.74) is 0. The van der Waals surface area contributed by atoms with E-state index in [0.29, 0.717) is 19.3 Å². The highest BCUT2D eigenvalue weighted by Crippen LogP contribution is 2.30. The minimum atomic E-state index is -1.79. The molecular formula is C84H149NO13. The lowest BCUT2D eigenvalue weighted by Gasteiger charge is -2.46. The fourth-order valence-electron chi connectivity index (χ4n) is 13.0. The van der Waals surface area contributed by atoms with Crippen molar-refractivity contribution in [3.8, 4) is 0 Å². The van der Waals surface area contributed by atoms with E-state index in [9.17, 15) is 45.6 Å². The molecule has 1 amide bonds. The average molecular weight is 1380 g/mol. The molecule has 2 saturated heterocycles. The van der Waals surface area contributed by atoms with Crippen LogP contribution >= 0.6 is 0 Å². The molecule has 2 fully saturated rings. The molecule has 568 valence electrons. The topological polar surface area (TPSA) is 228 Å². The highest BCUT2D eigenvalue weighted by atomic mass is 16.7. The molecule has 12 atom stereocenters. The Balaban J connectivity index is 1.62. The molecule has 0 bridgehead atoms. The van der Waals surface area contributed by atoms with Crippen molar-refractivity contribution in [2.24, 2.45) is 0 Å². The predicted octanol–water partition coefficient (Wildman–Crippen LogP) is 18.5. The highest BCUT2D eigenvalue weighted by molar-refractivity contribution is 5.76. The van der Waals surface area contributed by atoms with Crippen molar-refractivity contribution in [2.75, 3.05) is 19.8 Å².